The Bertz CT molecular complexity index is 480. The molecule has 0 saturated heterocycles. The quantitative estimate of drug-likeness (QED) is 0.455. The first kappa shape index (κ1) is 16.1. The highest BCUT2D eigenvalue weighted by atomic mass is 79.9. The van der Waals surface area contributed by atoms with Crippen molar-refractivity contribution in [3.63, 3.8) is 0 Å². The molecule has 0 heterocycles. The molecule has 1 aromatic carbocycles. The van der Waals surface area contributed by atoms with E-state index in [4.69, 9.17) is 0 Å². The van der Waals surface area contributed by atoms with Gasteiger partial charge in [0.25, 0.3) is 11.6 Å². The van der Waals surface area contributed by atoms with Crippen LogP contribution in [0.2, 0.25) is 0 Å². The van der Waals surface area contributed by atoms with Crippen LogP contribution in [-0.4, -0.2) is 22.2 Å². The van der Waals surface area contributed by atoms with Gasteiger partial charge in [-0.3, -0.25) is 14.9 Å². The number of amides is 1. The summed E-state index contributed by atoms with van der Waals surface area (Å²) in [5.74, 6) is -0.300. The lowest BCUT2D eigenvalue weighted by Gasteiger charge is -2.13. The van der Waals surface area contributed by atoms with Crippen molar-refractivity contribution in [2.24, 2.45) is 0 Å². The van der Waals surface area contributed by atoms with Crippen LogP contribution in [0.3, 0.4) is 0 Å². The summed E-state index contributed by atoms with van der Waals surface area (Å²) in [5, 5.41) is 14.4. The van der Waals surface area contributed by atoms with Crippen molar-refractivity contribution < 1.29 is 9.72 Å². The van der Waals surface area contributed by atoms with E-state index in [1.165, 1.54) is 12.1 Å². The van der Waals surface area contributed by atoms with Crippen molar-refractivity contribution in [3.05, 3.63) is 38.3 Å². The number of non-ortho nitro benzene ring substituents is 1. The monoisotopic (exact) mass is 392 g/mol. The molecule has 1 unspecified atom stereocenters. The maximum atomic E-state index is 12.0. The Morgan fingerprint density at radius 1 is 1.47 bits per heavy atom. The molecule has 0 bridgehead atoms. The molecule has 0 spiro atoms. The van der Waals surface area contributed by atoms with Gasteiger partial charge in [-0.2, -0.15) is 0 Å². The molecule has 0 aromatic heterocycles. The van der Waals surface area contributed by atoms with E-state index in [9.17, 15) is 14.9 Å². The molecule has 7 heteroatoms. The van der Waals surface area contributed by atoms with Crippen LogP contribution in [0, 0.1) is 10.1 Å². The van der Waals surface area contributed by atoms with E-state index in [0.29, 0.717) is 4.47 Å². The Labute approximate surface area is 128 Å². The van der Waals surface area contributed by atoms with Crippen LogP contribution in [0.5, 0.6) is 0 Å². The summed E-state index contributed by atoms with van der Waals surface area (Å²) >= 11 is 6.50. The molecular weight excluding hydrogens is 380 g/mol. The molecule has 1 atom stereocenters. The van der Waals surface area contributed by atoms with Gasteiger partial charge in [0.1, 0.15) is 0 Å². The van der Waals surface area contributed by atoms with Gasteiger partial charge < -0.3 is 5.32 Å². The average Bonchev–Trinajstić information content (AvgIpc) is 2.35. The molecule has 0 fully saturated rings. The van der Waals surface area contributed by atoms with Gasteiger partial charge in [0.2, 0.25) is 0 Å². The number of rotatable bonds is 6. The van der Waals surface area contributed by atoms with Crippen LogP contribution >= 0.6 is 31.9 Å². The maximum Gasteiger partial charge on any atom is 0.271 e. The largest absolute Gasteiger partial charge is 0.350 e. The van der Waals surface area contributed by atoms with Gasteiger partial charge in [-0.15, -0.1) is 0 Å². The Morgan fingerprint density at radius 2 is 2.16 bits per heavy atom. The van der Waals surface area contributed by atoms with Crippen LogP contribution in [0.4, 0.5) is 5.69 Å². The summed E-state index contributed by atoms with van der Waals surface area (Å²) in [5.41, 5.74) is 0.180. The molecule has 1 rings (SSSR count). The lowest BCUT2D eigenvalue weighted by molar-refractivity contribution is -0.385. The normalized spacial score (nSPS) is 11.9. The SMILES string of the molecule is CC(CCCBr)NC(=O)c1cc(Br)cc([N+](=O)[O-])c1. The molecule has 0 saturated carbocycles. The average molecular weight is 394 g/mol. The van der Waals surface area contributed by atoms with Gasteiger partial charge >= 0.3 is 0 Å². The second-order valence-electron chi connectivity index (χ2n) is 4.16. The number of nitrogens with one attached hydrogen (secondary N) is 1. The van der Waals surface area contributed by atoms with Crippen molar-refractivity contribution >= 4 is 43.5 Å². The predicted molar refractivity (Wildman–Crippen MR) is 80.8 cm³/mol. The van der Waals surface area contributed by atoms with Gasteiger partial charge in [-0.1, -0.05) is 31.9 Å². The van der Waals surface area contributed by atoms with Gasteiger partial charge in [-0.05, 0) is 25.8 Å². The van der Waals surface area contributed by atoms with Crippen molar-refractivity contribution in [3.8, 4) is 0 Å². The zero-order valence-electron chi connectivity index (χ0n) is 10.4. The minimum Gasteiger partial charge on any atom is -0.350 e. The summed E-state index contributed by atoms with van der Waals surface area (Å²) in [6.07, 6.45) is 1.81. The van der Waals surface area contributed by atoms with Gasteiger partial charge in [-0.25, -0.2) is 0 Å². The molecule has 0 aliphatic heterocycles. The first-order valence-electron chi connectivity index (χ1n) is 5.76. The highest BCUT2D eigenvalue weighted by Gasteiger charge is 2.15. The fraction of sp³-hybridized carbons (Fsp3) is 0.417. The van der Waals surface area contributed by atoms with Gasteiger partial charge in [0, 0.05) is 33.5 Å². The number of benzene rings is 1. The van der Waals surface area contributed by atoms with E-state index in [1.807, 2.05) is 6.92 Å². The highest BCUT2D eigenvalue weighted by Crippen LogP contribution is 2.21. The van der Waals surface area contributed by atoms with Crippen LogP contribution < -0.4 is 5.32 Å². The smallest absolute Gasteiger partial charge is 0.271 e. The number of nitro benzene ring substituents is 1. The maximum absolute atomic E-state index is 12.0. The molecule has 1 amide bonds. The third kappa shape index (κ3) is 5.28. The number of nitro groups is 1. The molecule has 19 heavy (non-hydrogen) atoms. The number of hydrogen-bond acceptors (Lipinski definition) is 3. The number of halogens is 2. The Balaban J connectivity index is 2.79. The van der Waals surface area contributed by atoms with Crippen LogP contribution in [0.15, 0.2) is 22.7 Å². The zero-order valence-corrected chi connectivity index (χ0v) is 13.5. The summed E-state index contributed by atoms with van der Waals surface area (Å²) in [6, 6.07) is 4.24. The Kier molecular flexibility index (Phi) is 6.44. The predicted octanol–water partition coefficient (Wildman–Crippen LogP) is 3.65. The van der Waals surface area contributed by atoms with Crippen molar-refractivity contribution in [1.29, 1.82) is 0 Å². The summed E-state index contributed by atoms with van der Waals surface area (Å²) in [7, 11) is 0. The van der Waals surface area contributed by atoms with Gasteiger partial charge in [0.15, 0.2) is 0 Å². The van der Waals surface area contributed by atoms with E-state index in [2.05, 4.69) is 37.2 Å². The minimum atomic E-state index is -0.518. The standard InChI is InChI=1S/C12H14Br2N2O3/c1-8(3-2-4-13)15-12(17)9-5-10(14)7-11(6-9)16(18)19/h5-8H,2-4H2,1H3,(H,15,17). The molecule has 0 aliphatic rings. The second-order valence-corrected chi connectivity index (χ2v) is 5.87. The molecule has 0 aliphatic carbocycles. The van der Waals surface area contributed by atoms with Crippen LogP contribution in [0.25, 0.3) is 0 Å². The third-order valence-electron chi connectivity index (χ3n) is 2.50. The van der Waals surface area contributed by atoms with E-state index < -0.39 is 4.92 Å². The second kappa shape index (κ2) is 7.59. The Morgan fingerprint density at radius 3 is 2.74 bits per heavy atom. The molecule has 104 valence electrons. The van der Waals surface area contributed by atoms with Crippen molar-refractivity contribution in [1.82, 2.24) is 5.32 Å². The van der Waals surface area contributed by atoms with Crippen LogP contribution in [-0.2, 0) is 0 Å². The van der Waals surface area contributed by atoms with Gasteiger partial charge in [0.05, 0.1) is 4.92 Å². The summed E-state index contributed by atoms with van der Waals surface area (Å²) in [4.78, 5) is 22.2. The molecule has 0 radical (unpaired) electrons. The van der Waals surface area contributed by atoms with E-state index in [0.717, 1.165) is 18.2 Å². The fourth-order valence-electron chi connectivity index (χ4n) is 1.57. The van der Waals surface area contributed by atoms with Crippen LogP contribution in [0.1, 0.15) is 30.1 Å². The number of carbonyl (C=O) groups is 1. The summed E-state index contributed by atoms with van der Waals surface area (Å²) < 4.78 is 0.514. The topological polar surface area (TPSA) is 72.2 Å². The first-order chi connectivity index (χ1) is 8.93. The zero-order chi connectivity index (χ0) is 14.4. The third-order valence-corrected chi connectivity index (χ3v) is 3.52. The van der Waals surface area contributed by atoms with Crippen molar-refractivity contribution in [2.45, 2.75) is 25.8 Å². The molecule has 5 nitrogen and oxygen atoms in total. The fourth-order valence-corrected chi connectivity index (χ4v) is 2.38. The van der Waals surface area contributed by atoms with E-state index >= 15 is 0 Å². The molecular formula is C12H14Br2N2O3. The molecule has 1 N–H and O–H groups in total. The van der Waals surface area contributed by atoms with Crippen molar-refractivity contribution in [2.75, 3.05) is 5.33 Å². The lowest BCUT2D eigenvalue weighted by Crippen LogP contribution is -2.32. The number of carbonyl (C=O) groups excluding carboxylic acids is 1. The number of nitrogens with zero attached hydrogens (tertiary/aromatic N) is 1. The van der Waals surface area contributed by atoms with E-state index in [-0.39, 0.29) is 23.2 Å². The minimum absolute atomic E-state index is 0.0306. The molecule has 1 aromatic rings. The lowest BCUT2D eigenvalue weighted by atomic mass is 10.1. The van der Waals surface area contributed by atoms with E-state index in [1.54, 1.807) is 6.07 Å². The summed E-state index contributed by atoms with van der Waals surface area (Å²) in [6.45, 7) is 1.91. The number of alkyl halides is 1. The Hall–Kier alpha value is -0.950. The highest BCUT2D eigenvalue weighted by molar-refractivity contribution is 9.10. The number of hydrogen-bond donors (Lipinski definition) is 1. The first-order valence-corrected chi connectivity index (χ1v) is 7.67.